The van der Waals surface area contributed by atoms with Gasteiger partial charge in [0.2, 0.25) is 0 Å². The third kappa shape index (κ3) is 3.45. The molecule has 0 fully saturated rings. The van der Waals surface area contributed by atoms with E-state index in [9.17, 15) is 14.9 Å². The van der Waals surface area contributed by atoms with Crippen molar-refractivity contribution in [2.75, 3.05) is 14.2 Å². The maximum atomic E-state index is 12.1. The molecule has 0 N–H and O–H groups in total. The number of benzene rings is 1. The van der Waals surface area contributed by atoms with Crippen molar-refractivity contribution in [2.24, 2.45) is 5.92 Å². The van der Waals surface area contributed by atoms with Crippen LogP contribution in [0, 0.1) is 39.9 Å². The van der Waals surface area contributed by atoms with Crippen molar-refractivity contribution in [2.45, 2.75) is 12.8 Å². The van der Waals surface area contributed by atoms with Gasteiger partial charge in [-0.1, -0.05) is 6.92 Å². The molecule has 0 unspecified atom stereocenters. The van der Waals surface area contributed by atoms with Crippen LogP contribution in [0.3, 0.4) is 0 Å². The number of methoxy groups -OCH3 is 2. The molecule has 2 atom stereocenters. The Hall–Kier alpha value is -3.37. The molecule has 0 aliphatic carbocycles. The van der Waals surface area contributed by atoms with Crippen molar-refractivity contribution in [1.82, 2.24) is 0 Å². The third-order valence-corrected chi connectivity index (χ3v) is 3.41. The van der Waals surface area contributed by atoms with Gasteiger partial charge in [-0.3, -0.25) is 9.59 Å². The highest BCUT2D eigenvalue weighted by Crippen LogP contribution is 2.31. The first-order valence-corrected chi connectivity index (χ1v) is 6.49. The Morgan fingerprint density at radius 1 is 0.913 bits per heavy atom. The van der Waals surface area contributed by atoms with Crippen LogP contribution >= 0.6 is 0 Å². The molecule has 0 spiro atoms. The molecule has 0 amide bonds. The van der Waals surface area contributed by atoms with E-state index in [-0.39, 0.29) is 22.3 Å². The first-order chi connectivity index (χ1) is 10.9. The number of rotatable bonds is 4. The average Bonchev–Trinajstić information content (AvgIpc) is 2.59. The minimum Gasteiger partial charge on any atom is -0.469 e. The van der Waals surface area contributed by atoms with Gasteiger partial charge in [0.1, 0.15) is 12.1 Å². The lowest BCUT2D eigenvalue weighted by Gasteiger charge is -2.21. The molecule has 7 nitrogen and oxygen atoms in total. The fraction of sp³-hybridized carbons (Fsp3) is 0.312. The second-order valence-electron chi connectivity index (χ2n) is 4.63. The maximum Gasteiger partial charge on any atom is 0.314 e. The summed E-state index contributed by atoms with van der Waals surface area (Å²) in [5, 5.41) is 27.4. The van der Waals surface area contributed by atoms with Crippen LogP contribution in [0.5, 0.6) is 0 Å². The van der Waals surface area contributed by atoms with E-state index < -0.39 is 23.8 Å². The second-order valence-corrected chi connectivity index (χ2v) is 4.63. The fourth-order valence-electron chi connectivity index (χ4n) is 2.20. The van der Waals surface area contributed by atoms with Gasteiger partial charge in [-0.05, 0) is 17.7 Å². The van der Waals surface area contributed by atoms with Crippen molar-refractivity contribution in [3.63, 3.8) is 0 Å². The van der Waals surface area contributed by atoms with E-state index in [2.05, 4.69) is 4.74 Å². The Bertz CT molecular complexity index is 765. The van der Waals surface area contributed by atoms with E-state index in [1.54, 1.807) is 0 Å². The Kier molecular flexibility index (Phi) is 5.83. The van der Waals surface area contributed by atoms with Crippen LogP contribution < -0.4 is 0 Å². The first-order valence-electron chi connectivity index (χ1n) is 6.49. The maximum absolute atomic E-state index is 12.1. The lowest BCUT2D eigenvalue weighted by Crippen LogP contribution is -2.28. The van der Waals surface area contributed by atoms with Crippen molar-refractivity contribution in [1.29, 1.82) is 15.8 Å². The van der Waals surface area contributed by atoms with Crippen molar-refractivity contribution in [3.05, 3.63) is 34.4 Å². The predicted molar refractivity (Wildman–Crippen MR) is 76.5 cm³/mol. The number of ether oxygens (including phenoxy) is 2. The van der Waals surface area contributed by atoms with Crippen molar-refractivity contribution in [3.8, 4) is 18.2 Å². The van der Waals surface area contributed by atoms with Gasteiger partial charge in [0.15, 0.2) is 0 Å². The molecule has 0 bridgehead atoms. The summed E-state index contributed by atoms with van der Waals surface area (Å²) < 4.78 is 9.35. The summed E-state index contributed by atoms with van der Waals surface area (Å²) in [5.74, 6) is -3.46. The molecule has 0 aliphatic rings. The highest BCUT2D eigenvalue weighted by molar-refractivity contribution is 5.87. The molecule has 7 heteroatoms. The molecule has 0 heterocycles. The number of hydrogen-bond donors (Lipinski definition) is 0. The van der Waals surface area contributed by atoms with E-state index in [0.29, 0.717) is 0 Å². The SMILES string of the molecule is COC(=O)[C@H](C)[C@@H](C(=O)OC)c1cc(C#N)c(C#N)cc1C#N. The van der Waals surface area contributed by atoms with Crippen molar-refractivity contribution >= 4 is 11.9 Å². The van der Waals surface area contributed by atoms with Gasteiger partial charge in [-0.25, -0.2) is 0 Å². The van der Waals surface area contributed by atoms with Crippen LogP contribution in [0.4, 0.5) is 0 Å². The zero-order valence-corrected chi connectivity index (χ0v) is 12.8. The minimum atomic E-state index is -1.12. The zero-order chi connectivity index (χ0) is 17.6. The highest BCUT2D eigenvalue weighted by Gasteiger charge is 2.35. The van der Waals surface area contributed by atoms with Crippen LogP contribution in [-0.2, 0) is 19.1 Å². The van der Waals surface area contributed by atoms with Gasteiger partial charge in [0.05, 0.1) is 48.8 Å². The monoisotopic (exact) mass is 311 g/mol. The van der Waals surface area contributed by atoms with Gasteiger partial charge in [0, 0.05) is 0 Å². The van der Waals surface area contributed by atoms with Gasteiger partial charge in [-0.2, -0.15) is 15.8 Å². The molecule has 1 aromatic carbocycles. The van der Waals surface area contributed by atoms with Crippen LogP contribution in [0.2, 0.25) is 0 Å². The normalized spacial score (nSPS) is 12.0. The number of esters is 2. The molecule has 0 aromatic heterocycles. The molecular formula is C16H13N3O4. The van der Waals surface area contributed by atoms with Gasteiger partial charge in [0.25, 0.3) is 0 Å². The van der Waals surface area contributed by atoms with Crippen LogP contribution in [0.1, 0.15) is 35.1 Å². The largest absolute Gasteiger partial charge is 0.469 e. The summed E-state index contributed by atoms with van der Waals surface area (Å²) in [4.78, 5) is 23.9. The summed E-state index contributed by atoms with van der Waals surface area (Å²) >= 11 is 0. The Labute approximate surface area is 133 Å². The number of hydrogen-bond acceptors (Lipinski definition) is 7. The summed E-state index contributed by atoms with van der Waals surface area (Å²) in [6.45, 7) is 1.46. The molecule has 0 saturated carbocycles. The molecule has 0 radical (unpaired) electrons. The second kappa shape index (κ2) is 7.59. The predicted octanol–water partition coefficient (Wildman–Crippen LogP) is 1.37. The van der Waals surface area contributed by atoms with E-state index in [1.807, 2.05) is 18.2 Å². The quantitative estimate of drug-likeness (QED) is 0.769. The van der Waals surface area contributed by atoms with E-state index >= 15 is 0 Å². The van der Waals surface area contributed by atoms with Gasteiger partial charge < -0.3 is 9.47 Å². The Morgan fingerprint density at radius 2 is 1.39 bits per heavy atom. The van der Waals surface area contributed by atoms with Crippen LogP contribution in [0.25, 0.3) is 0 Å². The van der Waals surface area contributed by atoms with Crippen molar-refractivity contribution < 1.29 is 19.1 Å². The molecule has 0 aliphatic heterocycles. The van der Waals surface area contributed by atoms with Gasteiger partial charge in [-0.15, -0.1) is 0 Å². The standard InChI is InChI=1S/C16H13N3O4/c1-9(15(20)22-2)14(16(21)23-3)13-5-11(7-18)10(6-17)4-12(13)8-19/h4-5,9,14H,1-3H3/t9-,14-/m1/s1. The topological polar surface area (TPSA) is 124 Å². The van der Waals surface area contributed by atoms with Crippen LogP contribution in [-0.4, -0.2) is 26.2 Å². The number of carbonyl (C=O) groups excluding carboxylic acids is 2. The van der Waals surface area contributed by atoms with Crippen LogP contribution in [0.15, 0.2) is 12.1 Å². The molecule has 1 aromatic rings. The van der Waals surface area contributed by atoms with E-state index in [1.165, 1.54) is 26.2 Å². The molecule has 1 rings (SSSR count). The summed E-state index contributed by atoms with van der Waals surface area (Å²) in [5.41, 5.74) is 0.189. The zero-order valence-electron chi connectivity index (χ0n) is 12.8. The molecule has 0 saturated heterocycles. The van der Waals surface area contributed by atoms with E-state index in [0.717, 1.165) is 7.11 Å². The lowest BCUT2D eigenvalue weighted by atomic mass is 9.83. The van der Waals surface area contributed by atoms with Gasteiger partial charge >= 0.3 is 11.9 Å². The fourth-order valence-corrected chi connectivity index (χ4v) is 2.20. The summed E-state index contributed by atoms with van der Waals surface area (Å²) in [6.07, 6.45) is 0. The number of carbonyl (C=O) groups is 2. The summed E-state index contributed by atoms with van der Waals surface area (Å²) in [7, 11) is 2.33. The smallest absolute Gasteiger partial charge is 0.314 e. The molecule has 23 heavy (non-hydrogen) atoms. The molecule has 116 valence electrons. The number of nitriles is 3. The number of nitrogens with zero attached hydrogens (tertiary/aromatic N) is 3. The summed E-state index contributed by atoms with van der Waals surface area (Å²) in [6, 6.07) is 7.99. The Balaban J connectivity index is 3.63. The minimum absolute atomic E-state index is 0.00692. The highest BCUT2D eigenvalue weighted by atomic mass is 16.5. The Morgan fingerprint density at radius 3 is 1.83 bits per heavy atom. The molecular weight excluding hydrogens is 298 g/mol. The van der Waals surface area contributed by atoms with E-state index in [4.69, 9.17) is 15.3 Å². The average molecular weight is 311 g/mol. The lowest BCUT2D eigenvalue weighted by molar-refractivity contribution is -0.153. The first kappa shape index (κ1) is 17.7. The third-order valence-electron chi connectivity index (χ3n) is 3.41.